The van der Waals surface area contributed by atoms with Gasteiger partial charge in [0.2, 0.25) is 0 Å². The van der Waals surface area contributed by atoms with Crippen LogP contribution in [0.1, 0.15) is 31.9 Å². The van der Waals surface area contributed by atoms with Gasteiger partial charge in [-0.2, -0.15) is 0 Å². The van der Waals surface area contributed by atoms with E-state index < -0.39 is 12.1 Å². The fraction of sp³-hybridized carbons (Fsp3) is 0.571. The van der Waals surface area contributed by atoms with Crippen molar-refractivity contribution in [3.8, 4) is 11.5 Å². The molecule has 0 saturated heterocycles. The van der Waals surface area contributed by atoms with E-state index >= 15 is 0 Å². The van der Waals surface area contributed by atoms with Crippen molar-refractivity contribution in [2.24, 2.45) is 11.7 Å². The Morgan fingerprint density at radius 2 is 1.95 bits per heavy atom. The first-order valence-corrected chi connectivity index (χ1v) is 6.69. The highest BCUT2D eigenvalue weighted by molar-refractivity contribution is 6.33. The van der Waals surface area contributed by atoms with Gasteiger partial charge in [0, 0.05) is 0 Å². The monoisotopic (exact) mass is 287 g/mol. The van der Waals surface area contributed by atoms with Gasteiger partial charge in [-0.1, -0.05) is 37.9 Å². The summed E-state index contributed by atoms with van der Waals surface area (Å²) in [6.45, 7) is 3.97. The van der Waals surface area contributed by atoms with E-state index in [9.17, 15) is 5.11 Å². The molecule has 4 nitrogen and oxygen atoms in total. The van der Waals surface area contributed by atoms with Crippen LogP contribution in [-0.2, 0) is 0 Å². The Hall–Kier alpha value is -0.970. The van der Waals surface area contributed by atoms with Crippen molar-refractivity contribution in [1.82, 2.24) is 0 Å². The third kappa shape index (κ3) is 3.32. The molecule has 1 aromatic rings. The number of rotatable bonds is 6. The third-order valence-electron chi connectivity index (χ3n) is 3.47. The molecule has 3 N–H and O–H groups in total. The van der Waals surface area contributed by atoms with E-state index in [0.717, 1.165) is 6.42 Å². The molecule has 0 radical (unpaired) electrons. The van der Waals surface area contributed by atoms with E-state index in [2.05, 4.69) is 0 Å². The standard InChI is InChI=1S/C14H22ClNO3/c1-5-8(2)13(17)12(16)9-6-7-10(18-3)14(19-4)11(9)15/h6-8,12-13,17H,5,16H2,1-4H3/t8?,12-,13+/m1/s1. The number of benzene rings is 1. The second-order valence-corrected chi connectivity index (χ2v) is 4.98. The van der Waals surface area contributed by atoms with Crippen LogP contribution in [0.2, 0.25) is 5.02 Å². The van der Waals surface area contributed by atoms with Crippen molar-refractivity contribution < 1.29 is 14.6 Å². The van der Waals surface area contributed by atoms with Crippen LogP contribution in [0.15, 0.2) is 12.1 Å². The van der Waals surface area contributed by atoms with Gasteiger partial charge in [-0.15, -0.1) is 0 Å². The van der Waals surface area contributed by atoms with Gasteiger partial charge in [-0.25, -0.2) is 0 Å². The van der Waals surface area contributed by atoms with Crippen molar-refractivity contribution in [1.29, 1.82) is 0 Å². The molecule has 108 valence electrons. The van der Waals surface area contributed by atoms with Gasteiger partial charge in [0.05, 0.1) is 31.4 Å². The zero-order valence-corrected chi connectivity index (χ0v) is 12.6. The number of hydrogen-bond acceptors (Lipinski definition) is 4. The summed E-state index contributed by atoms with van der Waals surface area (Å²) in [6.07, 6.45) is 0.195. The number of aliphatic hydroxyl groups is 1. The second-order valence-electron chi connectivity index (χ2n) is 4.61. The van der Waals surface area contributed by atoms with Crippen LogP contribution in [0.4, 0.5) is 0 Å². The van der Waals surface area contributed by atoms with Crippen molar-refractivity contribution in [2.75, 3.05) is 14.2 Å². The maximum Gasteiger partial charge on any atom is 0.179 e. The van der Waals surface area contributed by atoms with E-state index in [1.54, 1.807) is 19.2 Å². The maximum atomic E-state index is 10.2. The van der Waals surface area contributed by atoms with Crippen molar-refractivity contribution in [3.05, 3.63) is 22.7 Å². The highest BCUT2D eigenvalue weighted by atomic mass is 35.5. The number of hydrogen-bond donors (Lipinski definition) is 2. The summed E-state index contributed by atoms with van der Waals surface area (Å²) >= 11 is 6.28. The molecule has 0 bridgehead atoms. The molecule has 1 rings (SSSR count). The SMILES string of the molecule is CCC(C)[C@H](O)[C@H](N)c1ccc(OC)c(OC)c1Cl. The first kappa shape index (κ1) is 16.1. The summed E-state index contributed by atoms with van der Waals surface area (Å²) in [5.41, 5.74) is 6.76. The van der Waals surface area contributed by atoms with Crippen LogP contribution >= 0.6 is 11.6 Å². The van der Waals surface area contributed by atoms with E-state index in [-0.39, 0.29) is 5.92 Å². The predicted molar refractivity (Wildman–Crippen MR) is 76.9 cm³/mol. The summed E-state index contributed by atoms with van der Waals surface area (Å²) in [6, 6.07) is 2.95. The van der Waals surface area contributed by atoms with Gasteiger partial charge in [0.15, 0.2) is 11.5 Å². The van der Waals surface area contributed by atoms with Crippen LogP contribution in [0.5, 0.6) is 11.5 Å². The summed E-state index contributed by atoms with van der Waals surface area (Å²) in [4.78, 5) is 0. The smallest absolute Gasteiger partial charge is 0.179 e. The van der Waals surface area contributed by atoms with Crippen molar-refractivity contribution in [3.63, 3.8) is 0 Å². The number of nitrogens with two attached hydrogens (primary N) is 1. The number of aliphatic hydroxyl groups excluding tert-OH is 1. The van der Waals surface area contributed by atoms with Crippen LogP contribution in [0, 0.1) is 5.92 Å². The lowest BCUT2D eigenvalue weighted by Crippen LogP contribution is -2.31. The van der Waals surface area contributed by atoms with E-state index in [0.29, 0.717) is 22.1 Å². The van der Waals surface area contributed by atoms with Gasteiger partial charge >= 0.3 is 0 Å². The fourth-order valence-electron chi connectivity index (χ4n) is 1.94. The first-order chi connectivity index (χ1) is 8.97. The Morgan fingerprint density at radius 3 is 2.42 bits per heavy atom. The quantitative estimate of drug-likeness (QED) is 0.844. The second kappa shape index (κ2) is 6.98. The Labute approximate surface area is 119 Å². The van der Waals surface area contributed by atoms with Crippen LogP contribution in [0.3, 0.4) is 0 Å². The minimum atomic E-state index is -0.652. The van der Waals surface area contributed by atoms with Crippen LogP contribution in [-0.4, -0.2) is 25.4 Å². The Morgan fingerprint density at radius 1 is 1.32 bits per heavy atom. The highest BCUT2D eigenvalue weighted by Gasteiger charge is 2.26. The van der Waals surface area contributed by atoms with Crippen LogP contribution in [0.25, 0.3) is 0 Å². The molecule has 0 aliphatic rings. The Bertz CT molecular complexity index is 425. The van der Waals surface area contributed by atoms with Crippen molar-refractivity contribution >= 4 is 11.6 Å². The van der Waals surface area contributed by atoms with Gasteiger partial charge in [-0.3, -0.25) is 0 Å². The molecule has 1 unspecified atom stereocenters. The van der Waals surface area contributed by atoms with Gasteiger partial charge in [-0.05, 0) is 17.5 Å². The molecule has 0 heterocycles. The lowest BCUT2D eigenvalue weighted by molar-refractivity contribution is 0.0879. The van der Waals surface area contributed by atoms with Gasteiger partial charge in [0.1, 0.15) is 0 Å². The highest BCUT2D eigenvalue weighted by Crippen LogP contribution is 2.40. The summed E-state index contributed by atoms with van der Waals surface area (Å²) in [7, 11) is 3.06. The average Bonchev–Trinajstić information content (AvgIpc) is 2.44. The minimum absolute atomic E-state index is 0.0964. The molecule has 5 heteroatoms. The molecule has 0 aromatic heterocycles. The van der Waals surface area contributed by atoms with Gasteiger partial charge < -0.3 is 20.3 Å². The molecular weight excluding hydrogens is 266 g/mol. The molecule has 0 fully saturated rings. The lowest BCUT2D eigenvalue weighted by Gasteiger charge is -2.25. The molecule has 0 spiro atoms. The van der Waals surface area contributed by atoms with E-state index in [1.807, 2.05) is 13.8 Å². The zero-order chi connectivity index (χ0) is 14.6. The van der Waals surface area contributed by atoms with Gasteiger partial charge in [0.25, 0.3) is 0 Å². The number of ether oxygens (including phenoxy) is 2. The molecule has 0 aliphatic carbocycles. The fourth-order valence-corrected chi connectivity index (χ4v) is 2.30. The number of halogens is 1. The molecule has 0 aliphatic heterocycles. The van der Waals surface area contributed by atoms with Crippen LogP contribution < -0.4 is 15.2 Å². The predicted octanol–water partition coefficient (Wildman–Crippen LogP) is 2.76. The Kier molecular flexibility index (Phi) is 5.91. The van der Waals surface area contributed by atoms with E-state index in [1.165, 1.54) is 7.11 Å². The molecule has 3 atom stereocenters. The lowest BCUT2D eigenvalue weighted by atomic mass is 9.91. The minimum Gasteiger partial charge on any atom is -0.493 e. The first-order valence-electron chi connectivity index (χ1n) is 6.31. The average molecular weight is 288 g/mol. The number of methoxy groups -OCH3 is 2. The maximum absolute atomic E-state index is 10.2. The topological polar surface area (TPSA) is 64.7 Å². The zero-order valence-electron chi connectivity index (χ0n) is 11.8. The molecule has 0 amide bonds. The van der Waals surface area contributed by atoms with E-state index in [4.69, 9.17) is 26.8 Å². The molecular formula is C14H22ClNO3. The molecule has 19 heavy (non-hydrogen) atoms. The summed E-state index contributed by atoms with van der Waals surface area (Å²) in [5.74, 6) is 1.08. The summed E-state index contributed by atoms with van der Waals surface area (Å²) in [5, 5.41) is 10.6. The molecule has 1 aromatic carbocycles. The third-order valence-corrected chi connectivity index (χ3v) is 3.86. The largest absolute Gasteiger partial charge is 0.493 e. The summed E-state index contributed by atoms with van der Waals surface area (Å²) < 4.78 is 10.4. The van der Waals surface area contributed by atoms with Crippen molar-refractivity contribution in [2.45, 2.75) is 32.4 Å². The normalized spacial score (nSPS) is 15.7. The Balaban J connectivity index is 3.14. The molecule has 0 saturated carbocycles.